The summed E-state index contributed by atoms with van der Waals surface area (Å²) >= 11 is 13.0. The summed E-state index contributed by atoms with van der Waals surface area (Å²) in [5, 5.41) is 0. The predicted molar refractivity (Wildman–Crippen MR) is 87.4 cm³/mol. The molecule has 3 nitrogen and oxygen atoms in total. The number of carbonyl (C=O) groups is 2. The van der Waals surface area contributed by atoms with Gasteiger partial charge in [0, 0.05) is 13.0 Å². The number of hydrogen-bond acceptors (Lipinski definition) is 3. The lowest BCUT2D eigenvalue weighted by atomic mass is 9.89. The van der Waals surface area contributed by atoms with E-state index in [0.29, 0.717) is 39.0 Å². The molecule has 1 aliphatic rings. The van der Waals surface area contributed by atoms with Crippen LogP contribution in [0.25, 0.3) is 0 Å². The molecule has 1 aromatic heterocycles. The van der Waals surface area contributed by atoms with Gasteiger partial charge in [-0.25, -0.2) is 0 Å². The third kappa shape index (κ3) is 4.21. The van der Waals surface area contributed by atoms with Crippen LogP contribution in [-0.4, -0.2) is 29.7 Å². The van der Waals surface area contributed by atoms with E-state index in [4.69, 9.17) is 23.2 Å². The Bertz CT molecular complexity index is 542. The number of ketones is 1. The molecule has 1 saturated heterocycles. The topological polar surface area (TPSA) is 37.4 Å². The van der Waals surface area contributed by atoms with Gasteiger partial charge in [-0.15, -0.1) is 11.3 Å². The molecule has 0 spiro atoms. The Hall–Kier alpha value is -0.580. The van der Waals surface area contributed by atoms with E-state index in [1.807, 2.05) is 0 Å². The zero-order chi connectivity index (χ0) is 15.6. The standard InChI is InChI=1S/C15H19Cl2NO2S/c1-9(2)10-3-4-14(20)18(6-5-10)8-12(19)11-7-13(16)21-15(11)17/h7,9-10H,3-6,8H2,1-2H3. The number of carbonyl (C=O) groups excluding carboxylic acids is 2. The van der Waals surface area contributed by atoms with Crippen LogP contribution in [0.15, 0.2) is 6.07 Å². The molecular weight excluding hydrogens is 329 g/mol. The molecule has 1 atom stereocenters. The summed E-state index contributed by atoms with van der Waals surface area (Å²) < 4.78 is 0.887. The summed E-state index contributed by atoms with van der Waals surface area (Å²) in [6.45, 7) is 5.10. The number of Topliss-reactive ketones (excluding diaryl/α,β-unsaturated/α-hetero) is 1. The Kier molecular flexibility index (Phi) is 5.69. The van der Waals surface area contributed by atoms with Crippen LogP contribution in [0.2, 0.25) is 8.67 Å². The fourth-order valence-electron chi connectivity index (χ4n) is 2.68. The van der Waals surface area contributed by atoms with Crippen molar-refractivity contribution in [2.24, 2.45) is 11.8 Å². The molecule has 0 aromatic carbocycles. The summed E-state index contributed by atoms with van der Waals surface area (Å²) in [6.07, 6.45) is 2.38. The molecular formula is C15H19Cl2NO2S. The minimum Gasteiger partial charge on any atom is -0.335 e. The van der Waals surface area contributed by atoms with Crippen LogP contribution < -0.4 is 0 Å². The van der Waals surface area contributed by atoms with Crippen molar-refractivity contribution >= 4 is 46.2 Å². The average molecular weight is 348 g/mol. The van der Waals surface area contributed by atoms with Crippen LogP contribution in [-0.2, 0) is 4.79 Å². The van der Waals surface area contributed by atoms with E-state index in [0.717, 1.165) is 12.8 Å². The molecule has 0 N–H and O–H groups in total. The lowest BCUT2D eigenvalue weighted by molar-refractivity contribution is -0.130. The number of hydrogen-bond donors (Lipinski definition) is 0. The Morgan fingerprint density at radius 3 is 2.71 bits per heavy atom. The number of amides is 1. The highest BCUT2D eigenvalue weighted by molar-refractivity contribution is 7.20. The van der Waals surface area contributed by atoms with Gasteiger partial charge in [0.15, 0.2) is 5.78 Å². The van der Waals surface area contributed by atoms with Gasteiger partial charge in [-0.1, -0.05) is 37.0 Å². The predicted octanol–water partition coefficient (Wildman–Crippen LogP) is 4.52. The van der Waals surface area contributed by atoms with E-state index in [9.17, 15) is 9.59 Å². The fraction of sp³-hybridized carbons (Fsp3) is 0.600. The first-order valence-corrected chi connectivity index (χ1v) is 8.71. The van der Waals surface area contributed by atoms with Gasteiger partial charge in [0.05, 0.1) is 16.4 Å². The number of nitrogens with zero attached hydrogens (tertiary/aromatic N) is 1. The molecule has 0 radical (unpaired) electrons. The van der Waals surface area contributed by atoms with Gasteiger partial charge in [0.1, 0.15) is 4.34 Å². The highest BCUT2D eigenvalue weighted by atomic mass is 35.5. The quantitative estimate of drug-likeness (QED) is 0.750. The largest absolute Gasteiger partial charge is 0.335 e. The summed E-state index contributed by atoms with van der Waals surface area (Å²) in [5.74, 6) is 1.04. The molecule has 0 saturated carbocycles. The van der Waals surface area contributed by atoms with Crippen molar-refractivity contribution in [2.45, 2.75) is 33.1 Å². The van der Waals surface area contributed by atoms with Gasteiger partial charge < -0.3 is 4.90 Å². The van der Waals surface area contributed by atoms with Crippen molar-refractivity contribution in [3.63, 3.8) is 0 Å². The molecule has 1 unspecified atom stereocenters. The average Bonchev–Trinajstić information content (AvgIpc) is 2.63. The zero-order valence-corrected chi connectivity index (χ0v) is 14.5. The van der Waals surface area contributed by atoms with Crippen molar-refractivity contribution in [3.8, 4) is 0 Å². The van der Waals surface area contributed by atoms with Crippen molar-refractivity contribution in [1.82, 2.24) is 4.90 Å². The van der Waals surface area contributed by atoms with E-state index in [1.165, 1.54) is 11.3 Å². The van der Waals surface area contributed by atoms with E-state index in [1.54, 1.807) is 11.0 Å². The molecule has 0 aliphatic carbocycles. The number of rotatable bonds is 4. The third-order valence-corrected chi connectivity index (χ3v) is 5.57. The first kappa shape index (κ1) is 16.8. The molecule has 0 bridgehead atoms. The third-order valence-electron chi connectivity index (χ3n) is 4.09. The zero-order valence-electron chi connectivity index (χ0n) is 12.2. The van der Waals surface area contributed by atoms with E-state index >= 15 is 0 Å². The number of thiophene rings is 1. The van der Waals surface area contributed by atoms with Crippen molar-refractivity contribution in [2.75, 3.05) is 13.1 Å². The van der Waals surface area contributed by atoms with Crippen LogP contribution in [0, 0.1) is 11.8 Å². The second-order valence-electron chi connectivity index (χ2n) is 5.81. The molecule has 116 valence electrons. The summed E-state index contributed by atoms with van der Waals surface area (Å²) in [5.41, 5.74) is 0.420. The Labute approximate surface area is 139 Å². The van der Waals surface area contributed by atoms with Gasteiger partial charge >= 0.3 is 0 Å². The van der Waals surface area contributed by atoms with E-state index in [2.05, 4.69) is 13.8 Å². The molecule has 1 amide bonds. The lowest BCUT2D eigenvalue weighted by Gasteiger charge is -2.21. The Morgan fingerprint density at radius 2 is 2.14 bits per heavy atom. The first-order valence-electron chi connectivity index (χ1n) is 7.14. The van der Waals surface area contributed by atoms with Gasteiger partial charge in [-0.3, -0.25) is 9.59 Å². The maximum Gasteiger partial charge on any atom is 0.222 e. The molecule has 21 heavy (non-hydrogen) atoms. The van der Waals surface area contributed by atoms with Crippen LogP contribution in [0.3, 0.4) is 0 Å². The van der Waals surface area contributed by atoms with Crippen molar-refractivity contribution in [1.29, 1.82) is 0 Å². The maximum absolute atomic E-state index is 12.3. The minimum atomic E-state index is -0.139. The lowest BCUT2D eigenvalue weighted by Crippen LogP contribution is -2.35. The fourth-order valence-corrected chi connectivity index (χ4v) is 4.18. The molecule has 1 aromatic rings. The molecule has 1 fully saturated rings. The minimum absolute atomic E-state index is 0.0592. The molecule has 6 heteroatoms. The van der Waals surface area contributed by atoms with Crippen molar-refractivity contribution < 1.29 is 9.59 Å². The summed E-state index contributed by atoms with van der Waals surface area (Å²) in [4.78, 5) is 26.1. The van der Waals surface area contributed by atoms with Crippen molar-refractivity contribution in [3.05, 3.63) is 20.3 Å². The SMILES string of the molecule is CC(C)C1CCC(=O)N(CC(=O)c2cc(Cl)sc2Cl)CC1. The molecule has 1 aliphatic heterocycles. The number of likely N-dealkylation sites (tertiary alicyclic amines) is 1. The van der Waals surface area contributed by atoms with Crippen LogP contribution in [0.1, 0.15) is 43.5 Å². The van der Waals surface area contributed by atoms with Crippen LogP contribution in [0.4, 0.5) is 0 Å². The van der Waals surface area contributed by atoms with Gasteiger partial charge in [-0.05, 0) is 30.7 Å². The smallest absolute Gasteiger partial charge is 0.222 e. The van der Waals surface area contributed by atoms with Gasteiger partial charge in [-0.2, -0.15) is 0 Å². The van der Waals surface area contributed by atoms with Gasteiger partial charge in [0.25, 0.3) is 0 Å². The second-order valence-corrected chi connectivity index (χ2v) is 8.09. The van der Waals surface area contributed by atoms with E-state index < -0.39 is 0 Å². The first-order chi connectivity index (χ1) is 9.88. The summed E-state index contributed by atoms with van der Waals surface area (Å²) in [7, 11) is 0. The van der Waals surface area contributed by atoms with Crippen LogP contribution in [0.5, 0.6) is 0 Å². The molecule has 2 heterocycles. The molecule has 2 rings (SSSR count). The maximum atomic E-state index is 12.3. The Balaban J connectivity index is 2.03. The monoisotopic (exact) mass is 347 g/mol. The highest BCUT2D eigenvalue weighted by Gasteiger charge is 2.26. The normalized spacial score (nSPS) is 20.0. The second kappa shape index (κ2) is 7.12. The van der Waals surface area contributed by atoms with E-state index in [-0.39, 0.29) is 18.2 Å². The summed E-state index contributed by atoms with van der Waals surface area (Å²) in [6, 6.07) is 1.58. The number of halogens is 2. The van der Waals surface area contributed by atoms with Crippen LogP contribution >= 0.6 is 34.5 Å². The Morgan fingerprint density at radius 1 is 1.43 bits per heavy atom. The van der Waals surface area contributed by atoms with Gasteiger partial charge in [0.2, 0.25) is 5.91 Å². The highest BCUT2D eigenvalue weighted by Crippen LogP contribution is 2.32.